The first-order valence-corrected chi connectivity index (χ1v) is 24.0. The van der Waals surface area contributed by atoms with E-state index in [2.05, 4.69) is 142 Å². The van der Waals surface area contributed by atoms with Gasteiger partial charge >= 0.3 is 17.9 Å². The van der Waals surface area contributed by atoms with Crippen LogP contribution < -0.4 is 0 Å². The summed E-state index contributed by atoms with van der Waals surface area (Å²) in [6.07, 6.45) is 66.3. The molecule has 6 nitrogen and oxygen atoms in total. The van der Waals surface area contributed by atoms with Gasteiger partial charge in [-0.3, -0.25) is 14.4 Å². The summed E-state index contributed by atoms with van der Waals surface area (Å²) < 4.78 is 16.6. The fourth-order valence-electron chi connectivity index (χ4n) is 5.90. The lowest BCUT2D eigenvalue weighted by molar-refractivity contribution is -0.167. The Hall–Kier alpha value is -4.19. The Morgan fingerprint density at radius 2 is 0.639 bits per heavy atom. The van der Waals surface area contributed by atoms with Crippen LogP contribution in [0.1, 0.15) is 188 Å². The van der Waals surface area contributed by atoms with Crippen LogP contribution in [0.2, 0.25) is 0 Å². The molecule has 0 amide bonds. The quantitative estimate of drug-likeness (QED) is 0.0264. The van der Waals surface area contributed by atoms with E-state index >= 15 is 0 Å². The maximum Gasteiger partial charge on any atom is 0.306 e. The standard InChI is InChI=1S/C55H86O6/c1-4-7-10-13-16-18-20-22-24-25-26-27-28-29-31-32-34-36-39-42-45-48-54(57)60-51-52(50-59-53(56)47-44-41-38-15-12-9-6-3)61-55(58)49-46-43-40-37-35-33-30-23-21-19-17-14-11-8-5-2/h7-8,10-11,16-19,22-24,26-27,29-31,34-37,52H,4-6,9,12-15,20-21,25,28,32-33,38-51H2,1-3H3/b10-7-,11-8-,18-16-,19-17-,24-22-,27-26-,30-23-,31-29-,36-34-,37-35-. The van der Waals surface area contributed by atoms with Gasteiger partial charge in [0.15, 0.2) is 6.10 Å². The second kappa shape index (κ2) is 48.5. The van der Waals surface area contributed by atoms with Crippen LogP contribution in [-0.2, 0) is 28.6 Å². The van der Waals surface area contributed by atoms with Gasteiger partial charge < -0.3 is 14.2 Å². The molecule has 0 heterocycles. The van der Waals surface area contributed by atoms with E-state index < -0.39 is 6.10 Å². The average Bonchev–Trinajstić information content (AvgIpc) is 3.26. The van der Waals surface area contributed by atoms with Crippen molar-refractivity contribution in [1.82, 2.24) is 0 Å². The number of allylic oxidation sites excluding steroid dienone is 20. The predicted molar refractivity (Wildman–Crippen MR) is 260 cm³/mol. The van der Waals surface area contributed by atoms with Crippen LogP contribution in [0.4, 0.5) is 0 Å². The third-order valence-corrected chi connectivity index (χ3v) is 9.46. The third kappa shape index (κ3) is 46.7. The molecule has 0 rings (SSSR count). The molecule has 61 heavy (non-hydrogen) atoms. The largest absolute Gasteiger partial charge is 0.462 e. The van der Waals surface area contributed by atoms with E-state index in [9.17, 15) is 14.4 Å². The first kappa shape index (κ1) is 56.8. The van der Waals surface area contributed by atoms with Gasteiger partial charge in [-0.05, 0) is 109 Å². The van der Waals surface area contributed by atoms with Crippen molar-refractivity contribution < 1.29 is 28.6 Å². The molecule has 0 aromatic carbocycles. The second-order valence-electron chi connectivity index (χ2n) is 15.3. The molecule has 0 saturated heterocycles. The minimum absolute atomic E-state index is 0.112. The third-order valence-electron chi connectivity index (χ3n) is 9.46. The normalized spacial score (nSPS) is 13.2. The number of carbonyl (C=O) groups excluding carboxylic acids is 3. The van der Waals surface area contributed by atoms with E-state index in [0.717, 1.165) is 109 Å². The Labute approximate surface area is 373 Å². The molecule has 6 heteroatoms. The molecule has 1 unspecified atom stereocenters. The van der Waals surface area contributed by atoms with E-state index in [1.165, 1.54) is 25.7 Å². The minimum Gasteiger partial charge on any atom is -0.462 e. The highest BCUT2D eigenvalue weighted by Gasteiger charge is 2.19. The maximum atomic E-state index is 12.7. The molecule has 0 aliphatic rings. The number of ether oxygens (including phenoxy) is 3. The van der Waals surface area contributed by atoms with Gasteiger partial charge in [-0.25, -0.2) is 0 Å². The summed E-state index contributed by atoms with van der Waals surface area (Å²) in [6, 6.07) is 0. The van der Waals surface area contributed by atoms with Crippen molar-refractivity contribution in [2.75, 3.05) is 13.2 Å². The fraction of sp³-hybridized carbons (Fsp3) is 0.582. The fourth-order valence-corrected chi connectivity index (χ4v) is 5.90. The second-order valence-corrected chi connectivity index (χ2v) is 15.3. The molecule has 0 aromatic heterocycles. The summed E-state index contributed by atoms with van der Waals surface area (Å²) in [5.74, 6) is -1.02. The molecule has 342 valence electrons. The monoisotopic (exact) mass is 843 g/mol. The summed E-state index contributed by atoms with van der Waals surface area (Å²) in [5.41, 5.74) is 0. The summed E-state index contributed by atoms with van der Waals surface area (Å²) in [7, 11) is 0. The van der Waals surface area contributed by atoms with Crippen molar-refractivity contribution in [3.63, 3.8) is 0 Å². The van der Waals surface area contributed by atoms with E-state index in [0.29, 0.717) is 25.7 Å². The molecule has 0 fully saturated rings. The zero-order chi connectivity index (χ0) is 44.4. The summed E-state index contributed by atoms with van der Waals surface area (Å²) in [5, 5.41) is 0. The predicted octanol–water partition coefficient (Wildman–Crippen LogP) is 15.7. The van der Waals surface area contributed by atoms with Gasteiger partial charge in [-0.1, -0.05) is 181 Å². The molecular weight excluding hydrogens is 757 g/mol. The Morgan fingerprint density at radius 3 is 1.00 bits per heavy atom. The number of hydrogen-bond donors (Lipinski definition) is 0. The van der Waals surface area contributed by atoms with Crippen LogP contribution in [0.3, 0.4) is 0 Å². The summed E-state index contributed by atoms with van der Waals surface area (Å²) in [6.45, 7) is 6.26. The maximum absolute atomic E-state index is 12.7. The first-order valence-electron chi connectivity index (χ1n) is 24.0. The highest BCUT2D eigenvalue weighted by Crippen LogP contribution is 2.11. The van der Waals surface area contributed by atoms with Crippen LogP contribution in [0.15, 0.2) is 122 Å². The first-order chi connectivity index (χ1) is 30.0. The van der Waals surface area contributed by atoms with Crippen molar-refractivity contribution in [3.05, 3.63) is 122 Å². The van der Waals surface area contributed by atoms with Crippen LogP contribution in [-0.4, -0.2) is 37.2 Å². The zero-order valence-electron chi connectivity index (χ0n) is 38.9. The smallest absolute Gasteiger partial charge is 0.306 e. The van der Waals surface area contributed by atoms with Crippen molar-refractivity contribution >= 4 is 17.9 Å². The Bertz CT molecular complexity index is 1340. The van der Waals surface area contributed by atoms with E-state index in [1.54, 1.807) is 0 Å². The molecule has 1 atom stereocenters. The van der Waals surface area contributed by atoms with Gasteiger partial charge in [0.05, 0.1) is 0 Å². The number of carbonyl (C=O) groups is 3. The Balaban J connectivity index is 4.45. The lowest BCUT2D eigenvalue weighted by Gasteiger charge is -2.18. The zero-order valence-corrected chi connectivity index (χ0v) is 38.9. The lowest BCUT2D eigenvalue weighted by atomic mass is 10.1. The number of esters is 3. The van der Waals surface area contributed by atoms with Gasteiger partial charge in [0.25, 0.3) is 0 Å². The summed E-state index contributed by atoms with van der Waals surface area (Å²) >= 11 is 0. The highest BCUT2D eigenvalue weighted by atomic mass is 16.6. The van der Waals surface area contributed by atoms with Crippen LogP contribution in [0.5, 0.6) is 0 Å². The van der Waals surface area contributed by atoms with Crippen LogP contribution in [0.25, 0.3) is 0 Å². The topological polar surface area (TPSA) is 78.9 Å². The Kier molecular flexibility index (Phi) is 45.1. The van der Waals surface area contributed by atoms with E-state index in [-0.39, 0.29) is 37.5 Å². The number of rotatable bonds is 41. The van der Waals surface area contributed by atoms with Gasteiger partial charge in [0, 0.05) is 19.3 Å². The van der Waals surface area contributed by atoms with E-state index in [4.69, 9.17) is 14.2 Å². The van der Waals surface area contributed by atoms with Crippen LogP contribution >= 0.6 is 0 Å². The number of unbranched alkanes of at least 4 members (excludes halogenated alkanes) is 10. The molecule has 0 spiro atoms. The minimum atomic E-state index is -0.817. The molecule has 0 aliphatic carbocycles. The van der Waals surface area contributed by atoms with Gasteiger partial charge in [-0.15, -0.1) is 0 Å². The Morgan fingerprint density at radius 1 is 0.344 bits per heavy atom. The van der Waals surface area contributed by atoms with Crippen molar-refractivity contribution in [2.45, 2.75) is 194 Å². The van der Waals surface area contributed by atoms with Crippen molar-refractivity contribution in [3.8, 4) is 0 Å². The molecule has 0 aliphatic heterocycles. The van der Waals surface area contributed by atoms with Gasteiger partial charge in [-0.2, -0.15) is 0 Å². The summed E-state index contributed by atoms with van der Waals surface area (Å²) in [4.78, 5) is 37.7. The lowest BCUT2D eigenvalue weighted by Crippen LogP contribution is -2.30. The van der Waals surface area contributed by atoms with Crippen molar-refractivity contribution in [1.29, 1.82) is 0 Å². The molecule has 0 N–H and O–H groups in total. The SMILES string of the molecule is CC/C=C\C/C=C\C/C=C\C/C=C\C/C=C\C/C=C\CCCCC(=O)OCC(COC(=O)CCCCCCCCC)OC(=O)CCCC/C=C\C/C=C\C/C=C\C/C=C\CC. The average molecular weight is 843 g/mol. The van der Waals surface area contributed by atoms with Gasteiger partial charge in [0.2, 0.25) is 0 Å². The van der Waals surface area contributed by atoms with Crippen LogP contribution in [0, 0.1) is 0 Å². The van der Waals surface area contributed by atoms with E-state index in [1.807, 2.05) is 0 Å². The van der Waals surface area contributed by atoms with Crippen molar-refractivity contribution in [2.24, 2.45) is 0 Å². The molecule has 0 saturated carbocycles. The highest BCUT2D eigenvalue weighted by molar-refractivity contribution is 5.71. The molecule has 0 bridgehead atoms. The number of hydrogen-bond acceptors (Lipinski definition) is 6. The molecule has 0 radical (unpaired) electrons. The molecule has 0 aromatic rings. The van der Waals surface area contributed by atoms with Gasteiger partial charge in [0.1, 0.15) is 13.2 Å². The molecular formula is C55H86O6.